The Morgan fingerprint density at radius 2 is 2.00 bits per heavy atom. The Labute approximate surface area is 107 Å². The lowest BCUT2D eigenvalue weighted by Crippen LogP contribution is -2.34. The van der Waals surface area contributed by atoms with Crippen molar-refractivity contribution in [2.75, 3.05) is 32.7 Å². The van der Waals surface area contributed by atoms with Crippen molar-refractivity contribution in [3.8, 4) is 0 Å². The summed E-state index contributed by atoms with van der Waals surface area (Å²) in [7, 11) is 0. The van der Waals surface area contributed by atoms with Crippen LogP contribution in [0.4, 0.5) is 0 Å². The fraction of sp³-hybridized carbons (Fsp3) is 1.00. The first kappa shape index (κ1) is 14.3. The molecule has 2 nitrogen and oxygen atoms in total. The van der Waals surface area contributed by atoms with Crippen LogP contribution in [0, 0.1) is 11.8 Å². The quantitative estimate of drug-likeness (QED) is 0.806. The Bertz CT molecular complexity index is 179. The molecule has 1 N–H and O–H groups in total. The smallest absolute Gasteiger partial charge is 0.0107 e. The summed E-state index contributed by atoms with van der Waals surface area (Å²) in [5, 5.41) is 3.48. The third-order valence-electron chi connectivity index (χ3n) is 3.99. The lowest BCUT2D eigenvalue weighted by Gasteiger charge is -2.31. The Morgan fingerprint density at radius 1 is 1.12 bits per heavy atom. The topological polar surface area (TPSA) is 15.3 Å². The van der Waals surface area contributed by atoms with E-state index in [9.17, 15) is 0 Å². The van der Waals surface area contributed by atoms with E-state index in [-0.39, 0.29) is 12.4 Å². The van der Waals surface area contributed by atoms with Crippen molar-refractivity contribution in [1.29, 1.82) is 0 Å². The molecule has 0 aromatic rings. The SMILES string of the molecule is CC1CCCC(CN2CCCNCC2)C1.Cl. The summed E-state index contributed by atoms with van der Waals surface area (Å²) in [4.78, 5) is 2.68. The summed E-state index contributed by atoms with van der Waals surface area (Å²) >= 11 is 0. The van der Waals surface area contributed by atoms with Gasteiger partial charge >= 0.3 is 0 Å². The van der Waals surface area contributed by atoms with E-state index in [0.29, 0.717) is 0 Å². The second kappa shape index (κ2) is 7.52. The maximum atomic E-state index is 3.48. The molecule has 96 valence electrons. The van der Waals surface area contributed by atoms with Gasteiger partial charge in [0.1, 0.15) is 0 Å². The van der Waals surface area contributed by atoms with Crippen LogP contribution < -0.4 is 5.32 Å². The molecule has 2 rings (SSSR count). The molecular weight excluding hydrogens is 220 g/mol. The predicted octanol–water partition coefficient (Wildman–Crippen LogP) is 2.53. The largest absolute Gasteiger partial charge is 0.315 e. The van der Waals surface area contributed by atoms with Gasteiger partial charge in [-0.3, -0.25) is 0 Å². The highest BCUT2D eigenvalue weighted by Crippen LogP contribution is 2.29. The maximum Gasteiger partial charge on any atom is 0.0107 e. The highest BCUT2D eigenvalue weighted by Gasteiger charge is 2.21. The van der Waals surface area contributed by atoms with Gasteiger partial charge < -0.3 is 10.2 Å². The number of nitrogens with one attached hydrogen (secondary N) is 1. The molecule has 2 unspecified atom stereocenters. The van der Waals surface area contributed by atoms with Gasteiger partial charge in [-0.1, -0.05) is 19.8 Å². The number of hydrogen-bond donors (Lipinski definition) is 1. The van der Waals surface area contributed by atoms with Crippen LogP contribution in [0.1, 0.15) is 39.0 Å². The number of halogens is 1. The molecular formula is C13H27ClN2. The minimum Gasteiger partial charge on any atom is -0.315 e. The van der Waals surface area contributed by atoms with Gasteiger partial charge in [0, 0.05) is 19.6 Å². The molecule has 1 aliphatic carbocycles. The van der Waals surface area contributed by atoms with Crippen LogP contribution in [-0.2, 0) is 0 Å². The number of rotatable bonds is 2. The van der Waals surface area contributed by atoms with Gasteiger partial charge in [-0.2, -0.15) is 0 Å². The molecule has 0 amide bonds. The van der Waals surface area contributed by atoms with Crippen molar-refractivity contribution in [1.82, 2.24) is 10.2 Å². The standard InChI is InChI=1S/C13H26N2.ClH/c1-12-4-2-5-13(10-12)11-15-8-3-6-14-7-9-15;/h12-14H,2-11H2,1H3;1H. The molecule has 0 aromatic carbocycles. The van der Waals surface area contributed by atoms with Gasteiger partial charge in [0.2, 0.25) is 0 Å². The van der Waals surface area contributed by atoms with Crippen molar-refractivity contribution < 1.29 is 0 Å². The van der Waals surface area contributed by atoms with Crippen LogP contribution in [0.3, 0.4) is 0 Å². The van der Waals surface area contributed by atoms with Crippen molar-refractivity contribution in [2.24, 2.45) is 11.8 Å². The average Bonchev–Trinajstić information content (AvgIpc) is 2.46. The first-order chi connectivity index (χ1) is 7.34. The molecule has 1 saturated heterocycles. The molecule has 2 fully saturated rings. The molecule has 0 radical (unpaired) electrons. The average molecular weight is 247 g/mol. The van der Waals surface area contributed by atoms with E-state index in [1.807, 2.05) is 0 Å². The Balaban J connectivity index is 0.00000128. The van der Waals surface area contributed by atoms with Crippen LogP contribution in [0.2, 0.25) is 0 Å². The number of hydrogen-bond acceptors (Lipinski definition) is 2. The molecule has 1 aliphatic heterocycles. The first-order valence-corrected chi connectivity index (χ1v) is 6.77. The molecule has 2 aliphatic rings. The van der Waals surface area contributed by atoms with E-state index in [1.165, 1.54) is 64.8 Å². The van der Waals surface area contributed by atoms with Crippen LogP contribution in [-0.4, -0.2) is 37.6 Å². The second-order valence-electron chi connectivity index (χ2n) is 5.54. The molecule has 0 aromatic heterocycles. The Morgan fingerprint density at radius 3 is 2.81 bits per heavy atom. The van der Waals surface area contributed by atoms with Crippen molar-refractivity contribution in [3.05, 3.63) is 0 Å². The monoisotopic (exact) mass is 246 g/mol. The minimum absolute atomic E-state index is 0. The third-order valence-corrected chi connectivity index (χ3v) is 3.99. The molecule has 1 saturated carbocycles. The van der Waals surface area contributed by atoms with Crippen LogP contribution in [0.5, 0.6) is 0 Å². The van der Waals surface area contributed by atoms with E-state index in [0.717, 1.165) is 11.8 Å². The lowest BCUT2D eigenvalue weighted by atomic mass is 9.82. The molecule has 1 heterocycles. The van der Waals surface area contributed by atoms with E-state index < -0.39 is 0 Å². The molecule has 2 atom stereocenters. The summed E-state index contributed by atoms with van der Waals surface area (Å²) in [6.07, 6.45) is 7.23. The fourth-order valence-corrected chi connectivity index (χ4v) is 3.17. The van der Waals surface area contributed by atoms with Crippen molar-refractivity contribution >= 4 is 12.4 Å². The van der Waals surface area contributed by atoms with Gasteiger partial charge in [0.15, 0.2) is 0 Å². The third kappa shape index (κ3) is 4.60. The first-order valence-electron chi connectivity index (χ1n) is 6.77. The lowest BCUT2D eigenvalue weighted by molar-refractivity contribution is 0.187. The molecule has 3 heteroatoms. The molecule has 0 spiro atoms. The van der Waals surface area contributed by atoms with E-state index >= 15 is 0 Å². The maximum absolute atomic E-state index is 3.48. The Hall–Kier alpha value is 0.210. The zero-order chi connectivity index (χ0) is 10.5. The summed E-state index contributed by atoms with van der Waals surface area (Å²) in [6, 6.07) is 0. The van der Waals surface area contributed by atoms with Crippen LogP contribution in [0.15, 0.2) is 0 Å². The summed E-state index contributed by atoms with van der Waals surface area (Å²) in [5.41, 5.74) is 0. The van der Waals surface area contributed by atoms with Crippen molar-refractivity contribution in [3.63, 3.8) is 0 Å². The van der Waals surface area contributed by atoms with E-state index in [4.69, 9.17) is 0 Å². The highest BCUT2D eigenvalue weighted by molar-refractivity contribution is 5.85. The minimum atomic E-state index is 0. The van der Waals surface area contributed by atoms with Gasteiger partial charge in [-0.05, 0) is 44.2 Å². The van der Waals surface area contributed by atoms with Crippen LogP contribution >= 0.6 is 12.4 Å². The summed E-state index contributed by atoms with van der Waals surface area (Å²) < 4.78 is 0. The summed E-state index contributed by atoms with van der Waals surface area (Å²) in [5.74, 6) is 1.97. The highest BCUT2D eigenvalue weighted by atomic mass is 35.5. The van der Waals surface area contributed by atoms with Crippen molar-refractivity contribution in [2.45, 2.75) is 39.0 Å². The van der Waals surface area contributed by atoms with Gasteiger partial charge in [-0.25, -0.2) is 0 Å². The zero-order valence-electron chi connectivity index (χ0n) is 10.6. The number of nitrogens with zero attached hydrogens (tertiary/aromatic N) is 1. The van der Waals surface area contributed by atoms with Gasteiger partial charge in [0.25, 0.3) is 0 Å². The summed E-state index contributed by atoms with van der Waals surface area (Å²) in [6.45, 7) is 8.80. The zero-order valence-corrected chi connectivity index (χ0v) is 11.4. The van der Waals surface area contributed by atoms with Crippen LogP contribution in [0.25, 0.3) is 0 Å². The predicted molar refractivity (Wildman–Crippen MR) is 72.3 cm³/mol. The van der Waals surface area contributed by atoms with E-state index in [1.54, 1.807) is 0 Å². The Kier molecular flexibility index (Phi) is 6.71. The van der Waals surface area contributed by atoms with Gasteiger partial charge in [0.05, 0.1) is 0 Å². The second-order valence-corrected chi connectivity index (χ2v) is 5.54. The molecule has 16 heavy (non-hydrogen) atoms. The normalized spacial score (nSPS) is 32.8. The van der Waals surface area contributed by atoms with E-state index in [2.05, 4.69) is 17.1 Å². The molecule has 0 bridgehead atoms. The fourth-order valence-electron chi connectivity index (χ4n) is 3.17. The van der Waals surface area contributed by atoms with Gasteiger partial charge in [-0.15, -0.1) is 12.4 Å².